The lowest BCUT2D eigenvalue weighted by Gasteiger charge is -2.16. The SMILES string of the molecule is CCCCCCCCOOC(CCCCC)OOCCCCCCCC. The maximum Gasteiger partial charge on any atom is 0.224 e. The van der Waals surface area contributed by atoms with Gasteiger partial charge >= 0.3 is 0 Å². The van der Waals surface area contributed by atoms with E-state index in [9.17, 15) is 0 Å². The molecular formula is C22H46O4. The van der Waals surface area contributed by atoms with E-state index < -0.39 is 6.29 Å². The van der Waals surface area contributed by atoms with Gasteiger partial charge in [0.15, 0.2) is 0 Å². The van der Waals surface area contributed by atoms with Crippen LogP contribution in [0.2, 0.25) is 0 Å². The van der Waals surface area contributed by atoms with Gasteiger partial charge in [-0.3, -0.25) is 0 Å². The van der Waals surface area contributed by atoms with Crippen LogP contribution in [0.3, 0.4) is 0 Å². The predicted octanol–water partition coefficient (Wildman–Crippen LogP) is 7.51. The van der Waals surface area contributed by atoms with Gasteiger partial charge in [-0.05, 0) is 19.3 Å². The third-order valence-corrected chi connectivity index (χ3v) is 4.56. The van der Waals surface area contributed by atoms with E-state index in [4.69, 9.17) is 19.6 Å². The highest BCUT2D eigenvalue weighted by molar-refractivity contribution is 4.45. The second-order valence-electron chi connectivity index (χ2n) is 7.30. The lowest BCUT2D eigenvalue weighted by Crippen LogP contribution is -2.19. The summed E-state index contributed by atoms with van der Waals surface area (Å²) in [6.07, 6.45) is 18.8. The van der Waals surface area contributed by atoms with Crippen LogP contribution in [-0.4, -0.2) is 19.5 Å². The van der Waals surface area contributed by atoms with E-state index in [0.29, 0.717) is 13.2 Å². The summed E-state index contributed by atoms with van der Waals surface area (Å²) >= 11 is 0. The highest BCUT2D eigenvalue weighted by atomic mass is 17.3. The van der Waals surface area contributed by atoms with Gasteiger partial charge in [0.2, 0.25) is 6.29 Å². The third kappa shape index (κ3) is 20.2. The van der Waals surface area contributed by atoms with Crippen LogP contribution < -0.4 is 0 Å². The molecular weight excluding hydrogens is 328 g/mol. The van der Waals surface area contributed by atoms with E-state index in [1.54, 1.807) is 0 Å². The monoisotopic (exact) mass is 374 g/mol. The van der Waals surface area contributed by atoms with E-state index in [2.05, 4.69) is 20.8 Å². The quantitative estimate of drug-likeness (QED) is 0.0850. The molecule has 0 radical (unpaired) electrons. The minimum atomic E-state index is -0.401. The van der Waals surface area contributed by atoms with E-state index >= 15 is 0 Å². The van der Waals surface area contributed by atoms with Crippen molar-refractivity contribution in [3.8, 4) is 0 Å². The summed E-state index contributed by atoms with van der Waals surface area (Å²) in [5, 5.41) is 0. The largest absolute Gasteiger partial charge is 0.234 e. The molecule has 0 aromatic carbocycles. The lowest BCUT2D eigenvalue weighted by molar-refractivity contribution is -0.463. The smallest absolute Gasteiger partial charge is 0.224 e. The molecule has 0 N–H and O–H groups in total. The average molecular weight is 375 g/mol. The van der Waals surface area contributed by atoms with Crippen molar-refractivity contribution in [3.05, 3.63) is 0 Å². The van der Waals surface area contributed by atoms with Crippen LogP contribution in [0.4, 0.5) is 0 Å². The summed E-state index contributed by atoms with van der Waals surface area (Å²) in [6, 6.07) is 0. The van der Waals surface area contributed by atoms with Gasteiger partial charge in [-0.15, -0.1) is 0 Å². The normalized spacial score (nSPS) is 11.5. The molecule has 0 saturated heterocycles. The van der Waals surface area contributed by atoms with Crippen LogP contribution in [0, 0.1) is 0 Å². The van der Waals surface area contributed by atoms with Crippen molar-refractivity contribution >= 4 is 0 Å². The minimum Gasteiger partial charge on any atom is -0.234 e. The van der Waals surface area contributed by atoms with Gasteiger partial charge in [0, 0.05) is 6.42 Å². The zero-order chi connectivity index (χ0) is 19.1. The number of hydrogen-bond donors (Lipinski definition) is 0. The van der Waals surface area contributed by atoms with Crippen LogP contribution in [0.15, 0.2) is 0 Å². The van der Waals surface area contributed by atoms with Crippen LogP contribution in [0.1, 0.15) is 124 Å². The maximum atomic E-state index is 5.43. The molecule has 0 amide bonds. The number of unbranched alkanes of at least 4 members (excludes halogenated alkanes) is 12. The Hall–Kier alpha value is -0.160. The molecule has 0 spiro atoms. The summed E-state index contributed by atoms with van der Waals surface area (Å²) in [6.45, 7) is 7.95. The first-order valence-corrected chi connectivity index (χ1v) is 11.4. The second kappa shape index (κ2) is 22.9. The first-order valence-electron chi connectivity index (χ1n) is 11.4. The average Bonchev–Trinajstić information content (AvgIpc) is 2.65. The second-order valence-corrected chi connectivity index (χ2v) is 7.30. The Bertz CT molecular complexity index is 228. The highest BCUT2D eigenvalue weighted by Crippen LogP contribution is 2.11. The molecule has 0 saturated carbocycles. The zero-order valence-electron chi connectivity index (χ0n) is 17.9. The Morgan fingerprint density at radius 3 is 1.31 bits per heavy atom. The molecule has 26 heavy (non-hydrogen) atoms. The fourth-order valence-electron chi connectivity index (χ4n) is 2.80. The Balaban J connectivity index is 3.63. The van der Waals surface area contributed by atoms with Crippen LogP contribution in [0.5, 0.6) is 0 Å². The predicted molar refractivity (Wildman–Crippen MR) is 109 cm³/mol. The molecule has 0 rings (SSSR count). The van der Waals surface area contributed by atoms with Gasteiger partial charge in [-0.2, -0.15) is 0 Å². The summed E-state index contributed by atoms with van der Waals surface area (Å²) in [5.41, 5.74) is 0. The molecule has 0 unspecified atom stereocenters. The van der Waals surface area contributed by atoms with Crippen molar-refractivity contribution in [1.82, 2.24) is 0 Å². The van der Waals surface area contributed by atoms with Crippen molar-refractivity contribution < 1.29 is 19.6 Å². The van der Waals surface area contributed by atoms with Crippen LogP contribution in [0.25, 0.3) is 0 Å². The van der Waals surface area contributed by atoms with Crippen molar-refractivity contribution in [3.63, 3.8) is 0 Å². The van der Waals surface area contributed by atoms with Crippen LogP contribution in [-0.2, 0) is 19.6 Å². The van der Waals surface area contributed by atoms with E-state index in [1.807, 2.05) is 0 Å². The zero-order valence-corrected chi connectivity index (χ0v) is 17.9. The Kier molecular flexibility index (Phi) is 22.7. The van der Waals surface area contributed by atoms with Gasteiger partial charge in [-0.1, -0.05) is 97.8 Å². The first kappa shape index (κ1) is 25.8. The molecule has 0 aliphatic heterocycles. The van der Waals surface area contributed by atoms with Crippen molar-refractivity contribution in [2.24, 2.45) is 0 Å². The lowest BCUT2D eigenvalue weighted by atomic mass is 10.1. The third-order valence-electron chi connectivity index (χ3n) is 4.56. The topological polar surface area (TPSA) is 36.9 Å². The van der Waals surface area contributed by atoms with Gasteiger partial charge in [0.25, 0.3) is 0 Å². The van der Waals surface area contributed by atoms with E-state index in [-0.39, 0.29) is 0 Å². The molecule has 0 aromatic heterocycles. The van der Waals surface area contributed by atoms with Crippen molar-refractivity contribution in [1.29, 1.82) is 0 Å². The Labute approximate surface area is 163 Å². The van der Waals surface area contributed by atoms with Crippen molar-refractivity contribution in [2.45, 2.75) is 130 Å². The molecule has 0 aliphatic rings. The number of hydrogen-bond acceptors (Lipinski definition) is 4. The molecule has 0 atom stereocenters. The first-order chi connectivity index (χ1) is 12.8. The highest BCUT2D eigenvalue weighted by Gasteiger charge is 2.12. The molecule has 4 heteroatoms. The molecule has 0 heterocycles. The molecule has 0 aromatic rings. The van der Waals surface area contributed by atoms with Gasteiger partial charge < -0.3 is 0 Å². The fraction of sp³-hybridized carbons (Fsp3) is 1.00. The van der Waals surface area contributed by atoms with Crippen LogP contribution >= 0.6 is 0 Å². The molecule has 0 aliphatic carbocycles. The summed E-state index contributed by atoms with van der Waals surface area (Å²) in [5.74, 6) is 0. The van der Waals surface area contributed by atoms with Gasteiger partial charge in [-0.25, -0.2) is 19.6 Å². The summed E-state index contributed by atoms with van der Waals surface area (Å²) in [4.78, 5) is 21.6. The molecule has 0 bridgehead atoms. The maximum absolute atomic E-state index is 5.43. The molecule has 158 valence electrons. The van der Waals surface area contributed by atoms with E-state index in [0.717, 1.165) is 25.7 Å². The van der Waals surface area contributed by atoms with Crippen molar-refractivity contribution in [2.75, 3.05) is 13.2 Å². The standard InChI is InChI=1S/C22H46O4/c1-4-7-10-12-14-17-20-23-25-22(19-16-9-6-3)26-24-21-18-15-13-11-8-5-2/h22H,4-21H2,1-3H3. The van der Waals surface area contributed by atoms with E-state index in [1.165, 1.54) is 77.0 Å². The summed E-state index contributed by atoms with van der Waals surface area (Å²) in [7, 11) is 0. The number of rotatable bonds is 22. The molecule has 0 fully saturated rings. The minimum absolute atomic E-state index is 0.401. The van der Waals surface area contributed by atoms with Gasteiger partial charge in [0.1, 0.15) is 0 Å². The van der Waals surface area contributed by atoms with Gasteiger partial charge in [0.05, 0.1) is 13.2 Å². The Morgan fingerprint density at radius 1 is 0.462 bits per heavy atom. The molecule has 4 nitrogen and oxygen atoms in total. The Morgan fingerprint density at radius 2 is 0.846 bits per heavy atom. The fourth-order valence-corrected chi connectivity index (χ4v) is 2.80. The summed E-state index contributed by atoms with van der Waals surface area (Å²) < 4.78 is 0.